The van der Waals surface area contributed by atoms with Crippen LogP contribution in [0.1, 0.15) is 12.8 Å². The number of nitrogens with zero attached hydrogens (tertiary/aromatic N) is 3. The third-order valence-corrected chi connectivity index (χ3v) is 4.31. The summed E-state index contributed by atoms with van der Waals surface area (Å²) in [6.07, 6.45) is 1.30. The molecule has 1 aliphatic carbocycles. The molecule has 0 aromatic carbocycles. The van der Waals surface area contributed by atoms with Gasteiger partial charge in [0, 0.05) is 39.3 Å². The molecule has 2 rings (SSSR count). The van der Waals surface area contributed by atoms with Crippen LogP contribution in [-0.2, 0) is 4.79 Å². The summed E-state index contributed by atoms with van der Waals surface area (Å²) < 4.78 is 0. The van der Waals surface area contributed by atoms with Crippen molar-refractivity contribution in [1.29, 1.82) is 0 Å². The summed E-state index contributed by atoms with van der Waals surface area (Å²) in [7, 11) is 3.90. The van der Waals surface area contributed by atoms with Crippen molar-refractivity contribution in [2.24, 2.45) is 5.41 Å². The van der Waals surface area contributed by atoms with Crippen LogP contribution in [0.3, 0.4) is 0 Å². The van der Waals surface area contributed by atoms with Gasteiger partial charge >= 0.3 is 0 Å². The van der Waals surface area contributed by atoms with Crippen molar-refractivity contribution in [1.82, 2.24) is 14.7 Å². The lowest BCUT2D eigenvalue weighted by Gasteiger charge is -2.37. The van der Waals surface area contributed by atoms with E-state index in [2.05, 4.69) is 4.90 Å². The maximum absolute atomic E-state index is 12.3. The highest BCUT2D eigenvalue weighted by Crippen LogP contribution is 2.46. The molecule has 0 radical (unpaired) electrons. The quantitative estimate of drug-likeness (QED) is 0.643. The fourth-order valence-electron chi connectivity index (χ4n) is 2.84. The SMILES string of the molecule is CN(C)CC(O)CN1CCN(C(=O)C2(CO)CC2)CC1. The van der Waals surface area contributed by atoms with E-state index in [-0.39, 0.29) is 18.6 Å². The Labute approximate surface area is 121 Å². The van der Waals surface area contributed by atoms with Gasteiger partial charge in [-0.15, -0.1) is 0 Å². The molecule has 1 amide bonds. The molecule has 2 fully saturated rings. The Balaban J connectivity index is 1.74. The van der Waals surface area contributed by atoms with E-state index in [0.29, 0.717) is 26.2 Å². The van der Waals surface area contributed by atoms with E-state index in [1.54, 1.807) is 0 Å². The summed E-state index contributed by atoms with van der Waals surface area (Å²) in [5.74, 6) is 0.119. The first-order valence-electron chi connectivity index (χ1n) is 7.42. The number of aliphatic hydroxyl groups excluding tert-OH is 2. The van der Waals surface area contributed by atoms with Gasteiger partial charge in [0.2, 0.25) is 5.91 Å². The van der Waals surface area contributed by atoms with Crippen LogP contribution in [0.15, 0.2) is 0 Å². The molecule has 0 bridgehead atoms. The first-order chi connectivity index (χ1) is 9.47. The van der Waals surface area contributed by atoms with Gasteiger partial charge < -0.3 is 20.0 Å². The molecule has 0 aromatic rings. The highest BCUT2D eigenvalue weighted by Gasteiger charge is 2.51. The molecule has 1 unspecified atom stereocenters. The largest absolute Gasteiger partial charge is 0.395 e. The van der Waals surface area contributed by atoms with E-state index in [1.807, 2.05) is 23.9 Å². The average Bonchev–Trinajstić information content (AvgIpc) is 3.19. The molecule has 6 heteroatoms. The van der Waals surface area contributed by atoms with Crippen LogP contribution in [0, 0.1) is 5.41 Å². The van der Waals surface area contributed by atoms with Crippen molar-refractivity contribution in [2.45, 2.75) is 18.9 Å². The topological polar surface area (TPSA) is 67.2 Å². The first kappa shape index (κ1) is 15.7. The average molecular weight is 285 g/mol. The zero-order chi connectivity index (χ0) is 14.8. The number of carbonyl (C=O) groups excluding carboxylic acids is 1. The molecule has 1 aliphatic heterocycles. The Kier molecular flexibility index (Phi) is 5.01. The molecule has 1 atom stereocenters. The number of rotatable bonds is 6. The Hall–Kier alpha value is -0.690. The van der Waals surface area contributed by atoms with E-state index in [1.165, 1.54) is 0 Å². The Morgan fingerprint density at radius 3 is 2.30 bits per heavy atom. The fourth-order valence-corrected chi connectivity index (χ4v) is 2.84. The summed E-state index contributed by atoms with van der Waals surface area (Å²) in [5, 5.41) is 19.2. The maximum Gasteiger partial charge on any atom is 0.231 e. The van der Waals surface area contributed by atoms with Gasteiger partial charge in [0.05, 0.1) is 18.1 Å². The second-order valence-corrected chi connectivity index (χ2v) is 6.45. The number of hydrogen-bond donors (Lipinski definition) is 2. The third-order valence-electron chi connectivity index (χ3n) is 4.31. The van der Waals surface area contributed by atoms with Crippen molar-refractivity contribution in [3.05, 3.63) is 0 Å². The summed E-state index contributed by atoms with van der Waals surface area (Å²) >= 11 is 0. The number of carbonyl (C=O) groups is 1. The molecule has 1 heterocycles. The van der Waals surface area contributed by atoms with E-state index in [0.717, 1.165) is 25.9 Å². The molecule has 116 valence electrons. The predicted octanol–water partition coefficient (Wildman–Crippen LogP) is -1.17. The monoisotopic (exact) mass is 285 g/mol. The molecule has 0 spiro atoms. The number of β-amino-alcohol motifs (C(OH)–C–C–N with tert-alkyl or cyclic N) is 1. The molecule has 2 aliphatic rings. The Morgan fingerprint density at radius 1 is 1.25 bits per heavy atom. The lowest BCUT2D eigenvalue weighted by Crippen LogP contribution is -2.53. The molecular formula is C14H27N3O3. The minimum Gasteiger partial charge on any atom is -0.395 e. The number of aliphatic hydroxyl groups is 2. The van der Waals surface area contributed by atoms with Crippen molar-refractivity contribution >= 4 is 5.91 Å². The van der Waals surface area contributed by atoms with Crippen LogP contribution >= 0.6 is 0 Å². The summed E-state index contributed by atoms with van der Waals surface area (Å²) in [4.78, 5) is 18.3. The van der Waals surface area contributed by atoms with Gasteiger partial charge in [-0.05, 0) is 26.9 Å². The van der Waals surface area contributed by atoms with Crippen LogP contribution in [-0.4, -0.2) is 96.9 Å². The molecule has 0 aromatic heterocycles. The van der Waals surface area contributed by atoms with E-state index in [9.17, 15) is 15.0 Å². The summed E-state index contributed by atoms with van der Waals surface area (Å²) in [6.45, 7) is 4.31. The number of likely N-dealkylation sites (N-methyl/N-ethyl adjacent to an activating group) is 1. The second kappa shape index (κ2) is 6.39. The molecule has 1 saturated carbocycles. The van der Waals surface area contributed by atoms with Gasteiger partial charge in [-0.1, -0.05) is 0 Å². The third kappa shape index (κ3) is 3.69. The zero-order valence-corrected chi connectivity index (χ0v) is 12.6. The van der Waals surface area contributed by atoms with Crippen molar-refractivity contribution in [3.63, 3.8) is 0 Å². The standard InChI is InChI=1S/C14H27N3O3/c1-15(2)9-12(19)10-16-5-7-17(8-6-16)13(20)14(11-18)3-4-14/h12,18-19H,3-11H2,1-2H3. The van der Waals surface area contributed by atoms with Gasteiger partial charge in [0.1, 0.15) is 0 Å². The Morgan fingerprint density at radius 2 is 1.85 bits per heavy atom. The molecule has 6 nitrogen and oxygen atoms in total. The van der Waals surface area contributed by atoms with Gasteiger partial charge in [-0.2, -0.15) is 0 Å². The van der Waals surface area contributed by atoms with E-state index in [4.69, 9.17) is 0 Å². The predicted molar refractivity (Wildman–Crippen MR) is 76.3 cm³/mol. The van der Waals surface area contributed by atoms with Crippen LogP contribution in [0.25, 0.3) is 0 Å². The van der Waals surface area contributed by atoms with Gasteiger partial charge in [-0.25, -0.2) is 0 Å². The highest BCUT2D eigenvalue weighted by molar-refractivity contribution is 5.85. The van der Waals surface area contributed by atoms with Gasteiger partial charge in [0.15, 0.2) is 0 Å². The molecule has 2 N–H and O–H groups in total. The number of amides is 1. The van der Waals surface area contributed by atoms with Crippen molar-refractivity contribution in [2.75, 3.05) is 60.0 Å². The van der Waals surface area contributed by atoms with Crippen molar-refractivity contribution in [3.8, 4) is 0 Å². The van der Waals surface area contributed by atoms with Gasteiger partial charge in [-0.3, -0.25) is 9.69 Å². The smallest absolute Gasteiger partial charge is 0.231 e. The minimum atomic E-state index is -0.452. The van der Waals surface area contributed by atoms with Crippen LogP contribution in [0.5, 0.6) is 0 Å². The van der Waals surface area contributed by atoms with E-state index < -0.39 is 5.41 Å². The number of hydrogen-bond acceptors (Lipinski definition) is 5. The highest BCUT2D eigenvalue weighted by atomic mass is 16.3. The van der Waals surface area contributed by atoms with Crippen LogP contribution in [0.4, 0.5) is 0 Å². The maximum atomic E-state index is 12.3. The first-order valence-corrected chi connectivity index (χ1v) is 7.42. The second-order valence-electron chi connectivity index (χ2n) is 6.45. The lowest BCUT2D eigenvalue weighted by molar-refractivity contribution is -0.140. The fraction of sp³-hybridized carbons (Fsp3) is 0.929. The minimum absolute atomic E-state index is 0.0202. The van der Waals surface area contributed by atoms with E-state index >= 15 is 0 Å². The molecule has 1 saturated heterocycles. The lowest BCUT2D eigenvalue weighted by atomic mass is 10.1. The van der Waals surface area contributed by atoms with Crippen LogP contribution < -0.4 is 0 Å². The zero-order valence-electron chi connectivity index (χ0n) is 12.6. The summed E-state index contributed by atoms with van der Waals surface area (Å²) in [5.41, 5.74) is -0.452. The number of piperazine rings is 1. The van der Waals surface area contributed by atoms with Gasteiger partial charge in [0.25, 0.3) is 0 Å². The van der Waals surface area contributed by atoms with Crippen molar-refractivity contribution < 1.29 is 15.0 Å². The summed E-state index contributed by atoms with van der Waals surface area (Å²) in [6, 6.07) is 0. The molecule has 20 heavy (non-hydrogen) atoms. The Bertz CT molecular complexity index is 337. The van der Waals surface area contributed by atoms with Crippen LogP contribution in [0.2, 0.25) is 0 Å². The normalized spacial score (nSPS) is 23.9. The molecular weight excluding hydrogens is 258 g/mol.